The summed E-state index contributed by atoms with van der Waals surface area (Å²) in [6, 6.07) is 3.81. The Bertz CT molecular complexity index is 807. The molecule has 0 atom stereocenters. The zero-order valence-electron chi connectivity index (χ0n) is 13.5. The minimum atomic E-state index is -0.404. The summed E-state index contributed by atoms with van der Waals surface area (Å²) in [6.45, 7) is 2.99. The first-order valence-corrected chi connectivity index (χ1v) is 7.99. The first-order valence-electron chi connectivity index (χ1n) is 7.99. The van der Waals surface area contributed by atoms with Gasteiger partial charge in [-0.05, 0) is 12.1 Å². The van der Waals surface area contributed by atoms with Crippen LogP contribution in [0.5, 0.6) is 0 Å². The predicted molar refractivity (Wildman–Crippen MR) is 88.7 cm³/mol. The molecule has 7 nitrogen and oxygen atoms in total. The minimum absolute atomic E-state index is 0.0391. The average molecular weight is 318 g/mol. The Labute approximate surface area is 134 Å². The number of aryl methyl sites for hydroxylation is 2. The first kappa shape index (κ1) is 14.6. The van der Waals surface area contributed by atoms with E-state index in [4.69, 9.17) is 15.2 Å². The fraction of sp³-hybridized carbons (Fsp3) is 0.562. The van der Waals surface area contributed by atoms with Gasteiger partial charge in [-0.3, -0.25) is 9.13 Å². The van der Waals surface area contributed by atoms with Gasteiger partial charge >= 0.3 is 5.69 Å². The standard InChI is InChI=1S/C16H22N4O3/c1-18-12-9-11(17)10-13(14(12)19(2)15(18)21)20-5-3-16(4-6-20)22-7-8-23-16/h9-10H,3-8,17H2,1-2H3. The summed E-state index contributed by atoms with van der Waals surface area (Å²) >= 11 is 0. The van der Waals surface area contributed by atoms with Crippen molar-refractivity contribution in [2.75, 3.05) is 36.9 Å². The Morgan fingerprint density at radius 3 is 2.39 bits per heavy atom. The summed E-state index contributed by atoms with van der Waals surface area (Å²) in [4.78, 5) is 14.5. The first-order chi connectivity index (χ1) is 11.0. The van der Waals surface area contributed by atoms with Crippen molar-refractivity contribution in [1.29, 1.82) is 0 Å². The third-order valence-electron chi connectivity index (χ3n) is 5.04. The number of ether oxygens (including phenoxy) is 2. The van der Waals surface area contributed by atoms with Gasteiger partial charge in [-0.15, -0.1) is 0 Å². The zero-order valence-corrected chi connectivity index (χ0v) is 13.5. The molecule has 2 fully saturated rings. The molecule has 2 aliphatic rings. The van der Waals surface area contributed by atoms with Crippen LogP contribution >= 0.6 is 0 Å². The second kappa shape index (κ2) is 5.01. The van der Waals surface area contributed by atoms with Gasteiger partial charge in [0.1, 0.15) is 0 Å². The van der Waals surface area contributed by atoms with Crippen LogP contribution in [0.1, 0.15) is 12.8 Å². The summed E-state index contributed by atoms with van der Waals surface area (Å²) in [5, 5.41) is 0. The number of nitrogens with two attached hydrogens (primary N) is 1. The SMILES string of the molecule is Cn1c(=O)n(C)c2c(N3CCC4(CC3)OCCO4)cc(N)cc21. The summed E-state index contributed by atoms with van der Waals surface area (Å²) < 4.78 is 14.9. The molecule has 2 aromatic rings. The van der Waals surface area contributed by atoms with Crippen molar-refractivity contribution in [2.24, 2.45) is 14.1 Å². The molecule has 2 saturated heterocycles. The molecule has 124 valence electrons. The predicted octanol–water partition coefficient (Wildman–Crippen LogP) is 0.802. The third-order valence-corrected chi connectivity index (χ3v) is 5.04. The van der Waals surface area contributed by atoms with E-state index >= 15 is 0 Å². The molecule has 0 bridgehead atoms. The number of rotatable bonds is 1. The number of imidazole rings is 1. The Kier molecular flexibility index (Phi) is 3.18. The van der Waals surface area contributed by atoms with E-state index in [0.29, 0.717) is 18.9 Å². The Morgan fingerprint density at radius 2 is 1.74 bits per heavy atom. The van der Waals surface area contributed by atoms with Gasteiger partial charge in [0.05, 0.1) is 29.9 Å². The van der Waals surface area contributed by atoms with Gasteiger partial charge < -0.3 is 20.1 Å². The Balaban J connectivity index is 1.75. The molecule has 0 saturated carbocycles. The van der Waals surface area contributed by atoms with E-state index in [1.807, 2.05) is 12.1 Å². The van der Waals surface area contributed by atoms with Crippen molar-refractivity contribution in [1.82, 2.24) is 9.13 Å². The van der Waals surface area contributed by atoms with Crippen LogP contribution in [0.25, 0.3) is 11.0 Å². The average Bonchev–Trinajstić information content (AvgIpc) is 3.08. The number of benzene rings is 1. The number of nitrogens with zero attached hydrogens (tertiary/aromatic N) is 3. The van der Waals surface area contributed by atoms with Crippen LogP contribution in [0.2, 0.25) is 0 Å². The van der Waals surface area contributed by atoms with E-state index in [0.717, 1.165) is 42.7 Å². The molecule has 2 N–H and O–H groups in total. The van der Waals surface area contributed by atoms with E-state index in [-0.39, 0.29) is 5.69 Å². The highest BCUT2D eigenvalue weighted by molar-refractivity contribution is 5.92. The van der Waals surface area contributed by atoms with Crippen LogP contribution in [0.3, 0.4) is 0 Å². The van der Waals surface area contributed by atoms with Gasteiger partial charge in [-0.25, -0.2) is 4.79 Å². The van der Waals surface area contributed by atoms with Crippen molar-refractivity contribution < 1.29 is 9.47 Å². The number of fused-ring (bicyclic) bond motifs is 1. The van der Waals surface area contributed by atoms with Crippen LogP contribution in [-0.4, -0.2) is 41.2 Å². The van der Waals surface area contributed by atoms with Gasteiger partial charge in [0.15, 0.2) is 5.79 Å². The molecule has 1 spiro atoms. The molecule has 23 heavy (non-hydrogen) atoms. The van der Waals surface area contributed by atoms with Crippen LogP contribution in [-0.2, 0) is 23.6 Å². The minimum Gasteiger partial charge on any atom is -0.399 e. The lowest BCUT2D eigenvalue weighted by Gasteiger charge is -2.39. The molecule has 1 aromatic heterocycles. The molecule has 2 aliphatic heterocycles. The maximum absolute atomic E-state index is 12.3. The van der Waals surface area contributed by atoms with E-state index in [1.165, 1.54) is 0 Å². The fourth-order valence-electron chi connectivity index (χ4n) is 3.76. The number of anilines is 2. The molecule has 0 aliphatic carbocycles. The third kappa shape index (κ3) is 2.14. The molecule has 7 heteroatoms. The lowest BCUT2D eigenvalue weighted by molar-refractivity contribution is -0.169. The highest BCUT2D eigenvalue weighted by atomic mass is 16.7. The van der Waals surface area contributed by atoms with Gasteiger partial charge in [0.25, 0.3) is 0 Å². The normalized spacial score (nSPS) is 20.7. The molecule has 0 radical (unpaired) electrons. The van der Waals surface area contributed by atoms with Gasteiger partial charge in [0, 0.05) is 45.7 Å². The van der Waals surface area contributed by atoms with Crippen molar-refractivity contribution in [2.45, 2.75) is 18.6 Å². The van der Waals surface area contributed by atoms with Crippen LogP contribution in [0.15, 0.2) is 16.9 Å². The Morgan fingerprint density at radius 1 is 1.09 bits per heavy atom. The highest BCUT2D eigenvalue weighted by Crippen LogP contribution is 2.36. The van der Waals surface area contributed by atoms with E-state index < -0.39 is 5.79 Å². The Hall–Kier alpha value is -1.99. The van der Waals surface area contributed by atoms with Crippen molar-refractivity contribution in [3.05, 3.63) is 22.6 Å². The zero-order chi connectivity index (χ0) is 16.2. The van der Waals surface area contributed by atoms with E-state index in [2.05, 4.69) is 4.90 Å². The van der Waals surface area contributed by atoms with Crippen LogP contribution in [0, 0.1) is 0 Å². The summed E-state index contributed by atoms with van der Waals surface area (Å²) in [5.74, 6) is -0.404. The molecule has 0 unspecified atom stereocenters. The monoisotopic (exact) mass is 318 g/mol. The molecule has 0 amide bonds. The fourth-order valence-corrected chi connectivity index (χ4v) is 3.76. The quantitative estimate of drug-likeness (QED) is 0.787. The molecule has 1 aromatic carbocycles. The largest absolute Gasteiger partial charge is 0.399 e. The second-order valence-electron chi connectivity index (χ2n) is 6.40. The van der Waals surface area contributed by atoms with E-state index in [1.54, 1.807) is 23.2 Å². The topological polar surface area (TPSA) is 74.7 Å². The molecular weight excluding hydrogens is 296 g/mol. The summed E-state index contributed by atoms with van der Waals surface area (Å²) in [5.41, 5.74) is 9.50. The number of hydrogen-bond donors (Lipinski definition) is 1. The highest BCUT2D eigenvalue weighted by Gasteiger charge is 2.40. The molecule has 4 rings (SSSR count). The number of aromatic nitrogens is 2. The van der Waals surface area contributed by atoms with Gasteiger partial charge in [0.2, 0.25) is 0 Å². The van der Waals surface area contributed by atoms with Crippen LogP contribution in [0.4, 0.5) is 11.4 Å². The van der Waals surface area contributed by atoms with Crippen molar-refractivity contribution in [3.8, 4) is 0 Å². The number of piperidine rings is 1. The lowest BCUT2D eigenvalue weighted by atomic mass is 10.0. The molecular formula is C16H22N4O3. The summed E-state index contributed by atoms with van der Waals surface area (Å²) in [6.07, 6.45) is 1.65. The number of hydrogen-bond acceptors (Lipinski definition) is 5. The maximum atomic E-state index is 12.3. The van der Waals surface area contributed by atoms with Gasteiger partial charge in [-0.1, -0.05) is 0 Å². The van der Waals surface area contributed by atoms with Crippen LogP contribution < -0.4 is 16.3 Å². The van der Waals surface area contributed by atoms with Crippen molar-refractivity contribution >= 4 is 22.4 Å². The summed E-state index contributed by atoms with van der Waals surface area (Å²) in [7, 11) is 3.58. The van der Waals surface area contributed by atoms with Gasteiger partial charge in [-0.2, -0.15) is 0 Å². The van der Waals surface area contributed by atoms with E-state index in [9.17, 15) is 4.79 Å². The molecule has 3 heterocycles. The number of nitrogen functional groups attached to an aromatic ring is 1. The smallest absolute Gasteiger partial charge is 0.328 e. The second-order valence-corrected chi connectivity index (χ2v) is 6.40. The lowest BCUT2D eigenvalue weighted by Crippen LogP contribution is -2.45. The maximum Gasteiger partial charge on any atom is 0.328 e. The van der Waals surface area contributed by atoms with Crippen molar-refractivity contribution in [3.63, 3.8) is 0 Å².